The van der Waals surface area contributed by atoms with Gasteiger partial charge in [-0.15, -0.1) is 15.3 Å². The summed E-state index contributed by atoms with van der Waals surface area (Å²) < 4.78 is 3.74. The predicted octanol–water partition coefficient (Wildman–Crippen LogP) is 4.29. The number of rotatable bonds is 4. The number of nitrogens with zero attached hydrogens (tertiary/aromatic N) is 5. The molecule has 5 aromatic rings. The molecule has 0 saturated heterocycles. The van der Waals surface area contributed by atoms with Crippen molar-refractivity contribution in [3.05, 3.63) is 65.6 Å². The molecule has 5 rings (SSSR count). The van der Waals surface area contributed by atoms with E-state index >= 15 is 0 Å². The summed E-state index contributed by atoms with van der Waals surface area (Å²) in [4.78, 5) is 0.703. The van der Waals surface area contributed by atoms with Crippen LogP contribution >= 0.6 is 22.9 Å². The lowest BCUT2D eigenvalue weighted by molar-refractivity contribution is 0.481. The number of hydrogen-bond donors (Lipinski definition) is 2. The van der Waals surface area contributed by atoms with Gasteiger partial charge in [-0.05, 0) is 36.4 Å². The summed E-state index contributed by atoms with van der Waals surface area (Å²) >= 11 is 7.44. The monoisotopic (exact) mass is 396 g/mol. The largest absolute Gasteiger partial charge is 0.507 e. The van der Waals surface area contributed by atoms with Gasteiger partial charge in [0.05, 0.1) is 12.1 Å². The summed E-state index contributed by atoms with van der Waals surface area (Å²) in [6.07, 6.45) is 1.92. The van der Waals surface area contributed by atoms with Crippen LogP contribution in [-0.4, -0.2) is 29.5 Å². The molecule has 27 heavy (non-hydrogen) atoms. The van der Waals surface area contributed by atoms with Gasteiger partial charge in [0, 0.05) is 22.3 Å². The molecule has 0 amide bonds. The molecule has 9 heteroatoms. The first-order chi connectivity index (χ1) is 13.2. The minimum atomic E-state index is 0.263. The number of benzene rings is 2. The Morgan fingerprint density at radius 3 is 2.89 bits per heavy atom. The number of phenols is 1. The van der Waals surface area contributed by atoms with Gasteiger partial charge >= 0.3 is 0 Å². The van der Waals surface area contributed by atoms with Crippen molar-refractivity contribution in [2.24, 2.45) is 0 Å². The number of hydrogen-bond acceptors (Lipinski definition) is 6. The average Bonchev–Trinajstić information content (AvgIpc) is 3.32. The van der Waals surface area contributed by atoms with Gasteiger partial charge in [0.2, 0.25) is 10.1 Å². The van der Waals surface area contributed by atoms with Crippen LogP contribution in [0.2, 0.25) is 5.02 Å². The van der Waals surface area contributed by atoms with Crippen molar-refractivity contribution in [2.75, 3.05) is 5.32 Å². The fourth-order valence-corrected chi connectivity index (χ4v) is 3.96. The average molecular weight is 397 g/mol. The highest BCUT2D eigenvalue weighted by atomic mass is 35.5. The third-order valence-corrected chi connectivity index (χ3v) is 5.28. The molecule has 0 unspecified atom stereocenters. The lowest BCUT2D eigenvalue weighted by Gasteiger charge is -2.04. The smallest absolute Gasteiger partial charge is 0.236 e. The summed E-state index contributed by atoms with van der Waals surface area (Å²) in [7, 11) is 0. The molecule has 2 N–H and O–H groups in total. The van der Waals surface area contributed by atoms with Gasteiger partial charge < -0.3 is 15.0 Å². The van der Waals surface area contributed by atoms with Crippen molar-refractivity contribution in [3.63, 3.8) is 0 Å². The fraction of sp³-hybridized carbons (Fsp3) is 0.0556. The maximum absolute atomic E-state index is 9.97. The fourth-order valence-electron chi connectivity index (χ4n) is 2.99. The maximum atomic E-state index is 9.97. The number of halogens is 1. The van der Waals surface area contributed by atoms with Gasteiger partial charge in [-0.3, -0.25) is 0 Å². The molecule has 0 aliphatic rings. The van der Waals surface area contributed by atoms with Gasteiger partial charge in [0.15, 0.2) is 5.82 Å². The second kappa shape index (κ2) is 6.26. The molecule has 0 fully saturated rings. The molecule has 2 aromatic carbocycles. The van der Waals surface area contributed by atoms with Gasteiger partial charge in [-0.1, -0.05) is 35.1 Å². The van der Waals surface area contributed by atoms with Crippen LogP contribution in [0.15, 0.2) is 54.7 Å². The van der Waals surface area contributed by atoms with Crippen molar-refractivity contribution in [2.45, 2.75) is 6.54 Å². The zero-order valence-corrected chi connectivity index (χ0v) is 15.4. The summed E-state index contributed by atoms with van der Waals surface area (Å²) in [5.41, 5.74) is 1.79. The Bertz CT molecular complexity index is 1270. The van der Waals surface area contributed by atoms with Crippen LogP contribution in [-0.2, 0) is 6.54 Å². The predicted molar refractivity (Wildman–Crippen MR) is 106 cm³/mol. The number of phenolic OH excluding ortho intramolecular Hbond substituents is 1. The normalized spacial score (nSPS) is 11.4. The molecule has 3 aromatic heterocycles. The molecular formula is C18H13ClN6OS. The number of fused-ring (bicyclic) bond motifs is 2. The van der Waals surface area contributed by atoms with Crippen molar-refractivity contribution in [1.29, 1.82) is 0 Å². The number of anilines is 2. The highest BCUT2D eigenvalue weighted by Crippen LogP contribution is 2.27. The van der Waals surface area contributed by atoms with E-state index in [1.54, 1.807) is 10.6 Å². The SMILES string of the molecule is Oc1cccc2c1ccn2Cc1nnc2sc(Nc3cccc(Cl)c3)nn12. The zero-order valence-electron chi connectivity index (χ0n) is 13.9. The lowest BCUT2D eigenvalue weighted by atomic mass is 10.2. The minimum absolute atomic E-state index is 0.263. The Hall–Kier alpha value is -3.10. The standard InChI is InChI=1S/C18H13ClN6OS/c19-11-3-1-4-12(9-11)20-17-23-25-16(21-22-18(25)27-17)10-24-8-7-13-14(24)5-2-6-15(13)26/h1-9,26H,10H2,(H,20,23). The molecule has 0 bridgehead atoms. The molecular weight excluding hydrogens is 384 g/mol. The molecule has 0 radical (unpaired) electrons. The molecule has 0 aliphatic carbocycles. The van der Waals surface area contributed by atoms with E-state index in [1.165, 1.54) is 11.3 Å². The Morgan fingerprint density at radius 2 is 2.00 bits per heavy atom. The Morgan fingerprint density at radius 1 is 1.11 bits per heavy atom. The number of nitrogens with one attached hydrogen (secondary N) is 1. The Balaban J connectivity index is 1.47. The van der Waals surface area contributed by atoms with E-state index in [-0.39, 0.29) is 5.75 Å². The summed E-state index contributed by atoms with van der Waals surface area (Å²) in [5.74, 6) is 0.973. The Kier molecular flexibility index (Phi) is 3.73. The van der Waals surface area contributed by atoms with Crippen molar-refractivity contribution >= 4 is 49.6 Å². The molecule has 7 nitrogen and oxygen atoms in total. The van der Waals surface area contributed by atoms with E-state index in [2.05, 4.69) is 20.6 Å². The van der Waals surface area contributed by atoms with Crippen molar-refractivity contribution < 1.29 is 5.11 Å². The first kappa shape index (κ1) is 16.1. The van der Waals surface area contributed by atoms with Crippen molar-refractivity contribution in [1.82, 2.24) is 24.4 Å². The van der Waals surface area contributed by atoms with Gasteiger partial charge in [0.25, 0.3) is 0 Å². The minimum Gasteiger partial charge on any atom is -0.507 e. The van der Waals surface area contributed by atoms with Crippen LogP contribution in [0.3, 0.4) is 0 Å². The van der Waals surface area contributed by atoms with Crippen LogP contribution in [0, 0.1) is 0 Å². The van der Waals surface area contributed by atoms with E-state index in [1.807, 2.05) is 53.2 Å². The maximum Gasteiger partial charge on any atom is 0.236 e. The van der Waals surface area contributed by atoms with E-state index in [0.717, 1.165) is 16.6 Å². The highest BCUT2D eigenvalue weighted by Gasteiger charge is 2.14. The molecule has 0 saturated carbocycles. The van der Waals surface area contributed by atoms with Crippen LogP contribution < -0.4 is 5.32 Å². The van der Waals surface area contributed by atoms with E-state index in [4.69, 9.17) is 11.6 Å². The molecule has 3 heterocycles. The Labute approximate surface area is 162 Å². The molecule has 134 valence electrons. The van der Waals surface area contributed by atoms with Gasteiger partial charge in [0.1, 0.15) is 5.75 Å². The second-order valence-corrected chi connectivity index (χ2v) is 7.40. The second-order valence-electron chi connectivity index (χ2n) is 6.01. The first-order valence-electron chi connectivity index (χ1n) is 8.18. The molecule has 0 atom stereocenters. The quantitative estimate of drug-likeness (QED) is 0.473. The van der Waals surface area contributed by atoms with E-state index in [0.29, 0.717) is 27.5 Å². The highest BCUT2D eigenvalue weighted by molar-refractivity contribution is 7.20. The van der Waals surface area contributed by atoms with Crippen LogP contribution in [0.5, 0.6) is 5.75 Å². The van der Waals surface area contributed by atoms with Crippen LogP contribution in [0.25, 0.3) is 15.9 Å². The lowest BCUT2D eigenvalue weighted by Crippen LogP contribution is -2.04. The summed E-state index contributed by atoms with van der Waals surface area (Å²) in [6, 6.07) is 14.8. The zero-order chi connectivity index (χ0) is 18.4. The van der Waals surface area contributed by atoms with E-state index in [9.17, 15) is 5.11 Å². The van der Waals surface area contributed by atoms with E-state index < -0.39 is 0 Å². The van der Waals surface area contributed by atoms with Crippen LogP contribution in [0.4, 0.5) is 10.8 Å². The summed E-state index contributed by atoms with van der Waals surface area (Å²) in [6.45, 7) is 0.495. The van der Waals surface area contributed by atoms with Gasteiger partial charge in [-0.2, -0.15) is 4.52 Å². The van der Waals surface area contributed by atoms with Crippen LogP contribution in [0.1, 0.15) is 5.82 Å². The topological polar surface area (TPSA) is 80.3 Å². The summed E-state index contributed by atoms with van der Waals surface area (Å²) in [5, 5.41) is 28.4. The van der Waals surface area contributed by atoms with Crippen molar-refractivity contribution in [3.8, 4) is 5.75 Å². The molecule has 0 spiro atoms. The third-order valence-electron chi connectivity index (χ3n) is 4.23. The first-order valence-corrected chi connectivity index (χ1v) is 9.37. The van der Waals surface area contributed by atoms with Gasteiger partial charge in [-0.25, -0.2) is 0 Å². The molecule has 0 aliphatic heterocycles. The third kappa shape index (κ3) is 2.88. The number of aromatic hydroxyl groups is 1. The number of aromatic nitrogens is 5.